The van der Waals surface area contributed by atoms with E-state index in [2.05, 4.69) is 47.0 Å². The Bertz CT molecular complexity index is 1250. The van der Waals surface area contributed by atoms with Crippen LogP contribution in [-0.2, 0) is 0 Å². The number of fused-ring (bicyclic) bond motifs is 2. The number of nitrogens with one attached hydrogen (secondary N) is 2. The van der Waals surface area contributed by atoms with Crippen molar-refractivity contribution in [1.29, 1.82) is 0 Å². The van der Waals surface area contributed by atoms with Crippen molar-refractivity contribution >= 4 is 39.2 Å². The fraction of sp³-hybridized carbons (Fsp3) is 0.0556. The summed E-state index contributed by atoms with van der Waals surface area (Å²) in [6.07, 6.45) is 0. The van der Waals surface area contributed by atoms with Crippen molar-refractivity contribution in [3.8, 4) is 11.3 Å². The Morgan fingerprint density at radius 2 is 1.96 bits per heavy atom. The van der Waals surface area contributed by atoms with Crippen LogP contribution >= 0.6 is 27.5 Å². The molecule has 0 bridgehead atoms. The van der Waals surface area contributed by atoms with Crippen LogP contribution in [0.4, 0.5) is 11.6 Å². The first-order valence-electron chi connectivity index (χ1n) is 8.30. The second-order valence-corrected chi connectivity index (χ2v) is 7.58. The largest absolute Gasteiger partial charge is 0.318 e. The fourth-order valence-corrected chi connectivity index (χ4v) is 3.89. The number of rotatable bonds is 2. The molecule has 2 aromatic heterocycles. The molecule has 2 N–H and O–H groups in total. The summed E-state index contributed by atoms with van der Waals surface area (Å²) in [6.45, 7) is 0. The van der Waals surface area contributed by atoms with Crippen molar-refractivity contribution in [2.24, 2.45) is 0 Å². The van der Waals surface area contributed by atoms with Crippen LogP contribution in [0.5, 0.6) is 0 Å². The average Bonchev–Trinajstić information content (AvgIpc) is 3.16. The minimum absolute atomic E-state index is 0.345. The molecule has 0 saturated heterocycles. The zero-order chi connectivity index (χ0) is 19.3. The average molecular weight is 457 g/mol. The van der Waals surface area contributed by atoms with Crippen LogP contribution in [0.2, 0.25) is 5.02 Å². The molecular formula is C18H11BrClN7O. The maximum atomic E-state index is 12.6. The van der Waals surface area contributed by atoms with Gasteiger partial charge in [0.15, 0.2) is 0 Å². The molecule has 0 aliphatic carbocycles. The van der Waals surface area contributed by atoms with Crippen molar-refractivity contribution in [1.82, 2.24) is 30.4 Å². The second kappa shape index (κ2) is 6.54. The standard InChI is InChI=1S/C18H11BrClN7O/c19-11-3-1-2-10(8-11)16-13-14(9-4-6-12(20)7-5-9)22-23-17(28)15(13)21-18-24-25-26-27(16)18/h1-8,16H,(H,23,28)(H,21,24,26)/t16-/m0/s1. The first kappa shape index (κ1) is 17.1. The Morgan fingerprint density at radius 3 is 2.75 bits per heavy atom. The Hall–Kier alpha value is -3.04. The number of anilines is 2. The van der Waals surface area contributed by atoms with Gasteiger partial charge in [0, 0.05) is 20.6 Å². The number of halogens is 2. The smallest absolute Gasteiger partial charge is 0.288 e. The molecule has 4 aromatic rings. The maximum absolute atomic E-state index is 12.6. The Balaban J connectivity index is 1.82. The van der Waals surface area contributed by atoms with Gasteiger partial charge in [0.1, 0.15) is 11.7 Å². The Kier molecular flexibility index (Phi) is 3.99. The molecule has 0 fully saturated rings. The number of tetrazole rings is 1. The summed E-state index contributed by atoms with van der Waals surface area (Å²) in [7, 11) is 0. The van der Waals surface area contributed by atoms with Crippen LogP contribution < -0.4 is 10.9 Å². The monoisotopic (exact) mass is 455 g/mol. The molecule has 1 aliphatic heterocycles. The van der Waals surface area contributed by atoms with E-state index in [1.165, 1.54) is 0 Å². The zero-order valence-corrected chi connectivity index (χ0v) is 16.4. The highest BCUT2D eigenvalue weighted by molar-refractivity contribution is 9.10. The summed E-state index contributed by atoms with van der Waals surface area (Å²) in [5, 5.41) is 22.4. The van der Waals surface area contributed by atoms with Gasteiger partial charge in [0.2, 0.25) is 5.95 Å². The zero-order valence-electron chi connectivity index (χ0n) is 14.1. The molecule has 0 spiro atoms. The van der Waals surface area contributed by atoms with Crippen LogP contribution in [0.1, 0.15) is 17.2 Å². The van der Waals surface area contributed by atoms with E-state index in [-0.39, 0.29) is 5.56 Å². The summed E-state index contributed by atoms with van der Waals surface area (Å²) in [4.78, 5) is 12.6. The molecule has 5 rings (SSSR count). The predicted octanol–water partition coefficient (Wildman–Crippen LogP) is 3.53. The van der Waals surface area contributed by atoms with Gasteiger partial charge >= 0.3 is 0 Å². The lowest BCUT2D eigenvalue weighted by molar-refractivity contribution is 0.567. The van der Waals surface area contributed by atoms with Gasteiger partial charge < -0.3 is 5.32 Å². The van der Waals surface area contributed by atoms with E-state index in [4.69, 9.17) is 11.6 Å². The van der Waals surface area contributed by atoms with E-state index in [9.17, 15) is 4.79 Å². The Labute approximate surface area is 171 Å². The fourth-order valence-electron chi connectivity index (χ4n) is 3.35. The van der Waals surface area contributed by atoms with Crippen molar-refractivity contribution in [2.45, 2.75) is 6.04 Å². The lowest BCUT2D eigenvalue weighted by Gasteiger charge is -2.27. The van der Waals surface area contributed by atoms with E-state index in [1.54, 1.807) is 16.8 Å². The summed E-state index contributed by atoms with van der Waals surface area (Å²) in [5.41, 5.74) is 3.05. The van der Waals surface area contributed by atoms with Crippen molar-refractivity contribution in [3.05, 3.63) is 79.5 Å². The van der Waals surface area contributed by atoms with Crippen LogP contribution in [0, 0.1) is 0 Å². The first-order valence-corrected chi connectivity index (χ1v) is 9.48. The van der Waals surface area contributed by atoms with Gasteiger partial charge in [-0.25, -0.2) is 5.10 Å². The highest BCUT2D eigenvalue weighted by atomic mass is 79.9. The predicted molar refractivity (Wildman–Crippen MR) is 108 cm³/mol. The molecule has 28 heavy (non-hydrogen) atoms. The number of hydrogen-bond acceptors (Lipinski definition) is 6. The van der Waals surface area contributed by atoms with Gasteiger partial charge in [-0.1, -0.05) is 56.9 Å². The first-order chi connectivity index (χ1) is 13.6. The third kappa shape index (κ3) is 2.71. The van der Waals surface area contributed by atoms with Gasteiger partial charge in [-0.05, 0) is 40.3 Å². The molecule has 0 saturated carbocycles. The van der Waals surface area contributed by atoms with E-state index >= 15 is 0 Å². The van der Waals surface area contributed by atoms with Crippen molar-refractivity contribution in [2.75, 3.05) is 5.32 Å². The molecule has 8 nitrogen and oxygen atoms in total. The molecular weight excluding hydrogens is 446 g/mol. The van der Waals surface area contributed by atoms with Gasteiger partial charge in [-0.15, -0.1) is 0 Å². The molecule has 3 heterocycles. The quantitative estimate of drug-likeness (QED) is 0.421. The summed E-state index contributed by atoms with van der Waals surface area (Å²) >= 11 is 9.55. The number of hydrogen-bond donors (Lipinski definition) is 2. The van der Waals surface area contributed by atoms with Gasteiger partial charge in [-0.2, -0.15) is 9.78 Å². The van der Waals surface area contributed by atoms with E-state index in [1.807, 2.05) is 36.4 Å². The molecule has 0 unspecified atom stereocenters. The molecule has 1 atom stereocenters. The summed E-state index contributed by atoms with van der Waals surface area (Å²) in [5.74, 6) is 0.385. The molecule has 0 amide bonds. The summed E-state index contributed by atoms with van der Waals surface area (Å²) < 4.78 is 2.55. The molecule has 10 heteroatoms. The van der Waals surface area contributed by atoms with Crippen molar-refractivity contribution in [3.63, 3.8) is 0 Å². The van der Waals surface area contributed by atoms with Crippen LogP contribution in [0.15, 0.2) is 57.8 Å². The van der Waals surface area contributed by atoms with E-state index in [0.29, 0.717) is 27.9 Å². The number of benzene rings is 2. The molecule has 1 aliphatic rings. The number of nitrogens with zero attached hydrogens (tertiary/aromatic N) is 5. The maximum Gasteiger partial charge on any atom is 0.288 e. The van der Waals surface area contributed by atoms with Gasteiger partial charge in [0.05, 0.1) is 5.69 Å². The Morgan fingerprint density at radius 1 is 1.14 bits per heavy atom. The summed E-state index contributed by atoms with van der Waals surface area (Å²) in [6, 6.07) is 14.6. The van der Waals surface area contributed by atoms with Gasteiger partial charge in [0.25, 0.3) is 5.56 Å². The number of H-pyrrole nitrogens is 1. The lowest BCUT2D eigenvalue weighted by atomic mass is 9.92. The molecule has 138 valence electrons. The second-order valence-electron chi connectivity index (χ2n) is 6.23. The van der Waals surface area contributed by atoms with E-state index in [0.717, 1.165) is 15.6 Å². The van der Waals surface area contributed by atoms with Crippen LogP contribution in [0.25, 0.3) is 11.3 Å². The molecule has 0 radical (unpaired) electrons. The SMILES string of the molecule is O=c1[nH]nc(-c2ccc(Cl)cc2)c2c1Nc1nnnn1[C@H]2c1cccc(Br)c1. The van der Waals surface area contributed by atoms with E-state index < -0.39 is 6.04 Å². The molecule has 2 aromatic carbocycles. The highest BCUT2D eigenvalue weighted by Crippen LogP contribution is 2.41. The normalized spacial score (nSPS) is 14.9. The number of aromatic nitrogens is 6. The van der Waals surface area contributed by atoms with Crippen molar-refractivity contribution < 1.29 is 0 Å². The minimum atomic E-state index is -0.431. The number of aromatic amines is 1. The van der Waals surface area contributed by atoms with Crippen LogP contribution in [0.3, 0.4) is 0 Å². The van der Waals surface area contributed by atoms with Gasteiger partial charge in [-0.3, -0.25) is 4.79 Å². The lowest BCUT2D eigenvalue weighted by Crippen LogP contribution is -2.29. The third-order valence-corrected chi connectivity index (χ3v) is 5.30. The highest BCUT2D eigenvalue weighted by Gasteiger charge is 2.34. The van der Waals surface area contributed by atoms with Crippen LogP contribution in [-0.4, -0.2) is 30.4 Å². The minimum Gasteiger partial charge on any atom is -0.318 e. The third-order valence-electron chi connectivity index (χ3n) is 4.55. The topological polar surface area (TPSA) is 101 Å².